The molecule has 1 aromatic carbocycles. The number of methoxy groups -OCH3 is 1. The number of aromatic nitrogens is 4. The van der Waals surface area contributed by atoms with Crippen molar-refractivity contribution in [1.82, 2.24) is 20.2 Å². The lowest BCUT2D eigenvalue weighted by atomic mass is 10.3. The number of benzene rings is 1. The molecule has 0 aliphatic carbocycles. The number of amides is 1. The van der Waals surface area contributed by atoms with Gasteiger partial charge < -0.3 is 14.5 Å². The molecule has 3 rings (SSSR count). The van der Waals surface area contributed by atoms with Gasteiger partial charge in [0.15, 0.2) is 0 Å². The Morgan fingerprint density at radius 3 is 3.08 bits per heavy atom. The maximum Gasteiger partial charge on any atom is 0.234 e. The highest BCUT2D eigenvalue weighted by atomic mass is 35.5. The molecule has 0 saturated carbocycles. The lowest BCUT2D eigenvalue weighted by Crippen LogP contribution is -2.15. The highest BCUT2D eigenvalue weighted by Crippen LogP contribution is 2.28. The minimum Gasteiger partial charge on any atom is -0.495 e. The van der Waals surface area contributed by atoms with Crippen LogP contribution in [0.2, 0.25) is 5.02 Å². The van der Waals surface area contributed by atoms with E-state index in [2.05, 4.69) is 20.8 Å². The van der Waals surface area contributed by atoms with Crippen molar-refractivity contribution >= 4 is 35.0 Å². The van der Waals surface area contributed by atoms with E-state index in [1.165, 1.54) is 18.9 Å². The van der Waals surface area contributed by atoms with E-state index < -0.39 is 0 Å². The van der Waals surface area contributed by atoms with Crippen LogP contribution >= 0.6 is 23.4 Å². The number of nitrogens with zero attached hydrogens (tertiary/aromatic N) is 4. The Bertz CT molecular complexity index is 853. The normalized spacial score (nSPS) is 10.6. The van der Waals surface area contributed by atoms with E-state index in [0.29, 0.717) is 28.2 Å². The Hall–Kier alpha value is -2.52. The van der Waals surface area contributed by atoms with Crippen molar-refractivity contribution < 1.29 is 13.9 Å². The van der Waals surface area contributed by atoms with E-state index in [1.54, 1.807) is 35.2 Å². The molecule has 0 saturated heterocycles. The van der Waals surface area contributed by atoms with E-state index in [1.807, 2.05) is 6.07 Å². The third-order valence-corrected chi connectivity index (χ3v) is 4.34. The summed E-state index contributed by atoms with van der Waals surface area (Å²) < 4.78 is 12.0. The first-order valence-corrected chi connectivity index (χ1v) is 8.57. The van der Waals surface area contributed by atoms with Gasteiger partial charge in [0.05, 0.1) is 24.8 Å². The SMILES string of the molecule is COc1ccc(Cl)cc1NC(=O)CSc1nnnn1Cc1ccco1. The lowest BCUT2D eigenvalue weighted by molar-refractivity contribution is -0.113. The number of rotatable bonds is 7. The van der Waals surface area contributed by atoms with Gasteiger partial charge >= 0.3 is 0 Å². The van der Waals surface area contributed by atoms with Gasteiger partial charge in [0, 0.05) is 5.02 Å². The largest absolute Gasteiger partial charge is 0.495 e. The summed E-state index contributed by atoms with van der Waals surface area (Å²) in [6.45, 7) is 0.395. The summed E-state index contributed by atoms with van der Waals surface area (Å²) >= 11 is 7.17. The van der Waals surface area contributed by atoms with Gasteiger partial charge in [-0.3, -0.25) is 4.79 Å². The standard InChI is InChI=1S/C15H14ClN5O3S/c1-23-13-5-4-10(16)7-12(13)17-14(22)9-25-15-18-19-20-21(15)8-11-3-2-6-24-11/h2-7H,8-9H2,1H3,(H,17,22). The molecule has 130 valence electrons. The maximum absolute atomic E-state index is 12.2. The van der Waals surface area contributed by atoms with Crippen LogP contribution in [0.4, 0.5) is 5.69 Å². The lowest BCUT2D eigenvalue weighted by Gasteiger charge is -2.10. The number of anilines is 1. The fourth-order valence-electron chi connectivity index (χ4n) is 2.04. The smallest absolute Gasteiger partial charge is 0.234 e. The molecule has 2 heterocycles. The molecule has 0 fully saturated rings. The number of carbonyl (C=O) groups is 1. The van der Waals surface area contributed by atoms with Crippen molar-refractivity contribution in [2.45, 2.75) is 11.7 Å². The number of nitrogens with one attached hydrogen (secondary N) is 1. The van der Waals surface area contributed by atoms with Crippen LogP contribution in [0.1, 0.15) is 5.76 Å². The first kappa shape index (κ1) is 17.3. The van der Waals surface area contributed by atoms with Crippen LogP contribution in [-0.2, 0) is 11.3 Å². The number of thioether (sulfide) groups is 1. The molecule has 10 heteroatoms. The number of hydrogen-bond acceptors (Lipinski definition) is 7. The molecule has 0 unspecified atom stereocenters. The zero-order valence-corrected chi connectivity index (χ0v) is 14.8. The second-order valence-electron chi connectivity index (χ2n) is 4.88. The van der Waals surface area contributed by atoms with Crippen LogP contribution < -0.4 is 10.1 Å². The van der Waals surface area contributed by atoms with Gasteiger partial charge in [-0.25, -0.2) is 4.68 Å². The van der Waals surface area contributed by atoms with E-state index in [-0.39, 0.29) is 11.7 Å². The Morgan fingerprint density at radius 2 is 2.32 bits per heavy atom. The molecule has 1 amide bonds. The quantitative estimate of drug-likeness (QED) is 0.630. The van der Waals surface area contributed by atoms with Crippen molar-refractivity contribution in [2.24, 2.45) is 0 Å². The van der Waals surface area contributed by atoms with E-state index in [4.69, 9.17) is 20.8 Å². The van der Waals surface area contributed by atoms with Crippen molar-refractivity contribution in [2.75, 3.05) is 18.2 Å². The van der Waals surface area contributed by atoms with Crippen LogP contribution in [0.25, 0.3) is 0 Å². The average molecular weight is 380 g/mol. The second kappa shape index (κ2) is 8.04. The van der Waals surface area contributed by atoms with Gasteiger partial charge in [-0.15, -0.1) is 5.10 Å². The Morgan fingerprint density at radius 1 is 1.44 bits per heavy atom. The molecule has 0 aliphatic rings. The summed E-state index contributed by atoms with van der Waals surface area (Å²) in [7, 11) is 1.52. The first-order valence-electron chi connectivity index (χ1n) is 7.20. The summed E-state index contributed by atoms with van der Waals surface area (Å²) in [5.41, 5.74) is 0.510. The average Bonchev–Trinajstić information content (AvgIpc) is 3.26. The van der Waals surface area contributed by atoms with Gasteiger partial charge in [-0.05, 0) is 40.8 Å². The minimum absolute atomic E-state index is 0.133. The molecular weight excluding hydrogens is 366 g/mol. The molecule has 1 N–H and O–H groups in total. The monoisotopic (exact) mass is 379 g/mol. The van der Waals surface area contributed by atoms with E-state index >= 15 is 0 Å². The Kier molecular flexibility index (Phi) is 5.56. The first-order chi connectivity index (χ1) is 12.2. The van der Waals surface area contributed by atoms with Gasteiger partial charge in [0.25, 0.3) is 0 Å². The van der Waals surface area contributed by atoms with Gasteiger partial charge in [0.1, 0.15) is 18.1 Å². The molecule has 0 bridgehead atoms. The number of furan rings is 1. The van der Waals surface area contributed by atoms with Crippen LogP contribution in [0, 0.1) is 0 Å². The molecule has 0 atom stereocenters. The molecule has 3 aromatic rings. The van der Waals surface area contributed by atoms with Gasteiger partial charge in [-0.1, -0.05) is 23.4 Å². The van der Waals surface area contributed by atoms with Crippen LogP contribution in [0.15, 0.2) is 46.2 Å². The number of carbonyl (C=O) groups excluding carboxylic acids is 1. The predicted octanol–water partition coefficient (Wildman–Crippen LogP) is 2.71. The zero-order chi connectivity index (χ0) is 17.6. The van der Waals surface area contributed by atoms with Crippen molar-refractivity contribution in [3.8, 4) is 5.75 Å². The van der Waals surface area contributed by atoms with Crippen LogP contribution in [-0.4, -0.2) is 39.0 Å². The fourth-order valence-corrected chi connectivity index (χ4v) is 2.89. The molecule has 0 spiro atoms. The summed E-state index contributed by atoms with van der Waals surface area (Å²) in [4.78, 5) is 12.2. The molecule has 25 heavy (non-hydrogen) atoms. The van der Waals surface area contributed by atoms with E-state index in [0.717, 1.165) is 5.76 Å². The topological polar surface area (TPSA) is 95.1 Å². The van der Waals surface area contributed by atoms with Crippen molar-refractivity contribution in [1.29, 1.82) is 0 Å². The Balaban J connectivity index is 1.60. The van der Waals surface area contributed by atoms with Gasteiger partial charge in [0.2, 0.25) is 11.1 Å². The predicted molar refractivity (Wildman–Crippen MR) is 93.0 cm³/mol. The second-order valence-corrected chi connectivity index (χ2v) is 6.26. The van der Waals surface area contributed by atoms with Crippen molar-refractivity contribution in [3.05, 3.63) is 47.4 Å². The Labute approximate surface area is 152 Å². The van der Waals surface area contributed by atoms with Gasteiger partial charge in [-0.2, -0.15) is 0 Å². The van der Waals surface area contributed by atoms with Crippen LogP contribution in [0.5, 0.6) is 5.75 Å². The highest BCUT2D eigenvalue weighted by molar-refractivity contribution is 7.99. The number of tetrazole rings is 1. The number of hydrogen-bond donors (Lipinski definition) is 1. The van der Waals surface area contributed by atoms with Crippen LogP contribution in [0.3, 0.4) is 0 Å². The molecule has 0 radical (unpaired) electrons. The third kappa shape index (κ3) is 4.52. The number of halogens is 1. The highest BCUT2D eigenvalue weighted by Gasteiger charge is 2.13. The molecule has 8 nitrogen and oxygen atoms in total. The van der Waals surface area contributed by atoms with E-state index in [9.17, 15) is 4.79 Å². The zero-order valence-electron chi connectivity index (χ0n) is 13.2. The summed E-state index contributed by atoms with van der Waals surface area (Å²) in [6.07, 6.45) is 1.58. The minimum atomic E-state index is -0.224. The molecular formula is C15H14ClN5O3S. The fraction of sp³-hybridized carbons (Fsp3) is 0.200. The number of ether oxygens (including phenoxy) is 1. The van der Waals surface area contributed by atoms with Crippen molar-refractivity contribution in [3.63, 3.8) is 0 Å². The summed E-state index contributed by atoms with van der Waals surface area (Å²) in [5.74, 6) is 1.17. The molecule has 0 aliphatic heterocycles. The maximum atomic E-state index is 12.2. The molecule has 2 aromatic heterocycles. The third-order valence-electron chi connectivity index (χ3n) is 3.15. The summed E-state index contributed by atoms with van der Waals surface area (Å²) in [6, 6.07) is 8.62. The summed E-state index contributed by atoms with van der Waals surface area (Å²) in [5, 5.41) is 15.2.